The van der Waals surface area contributed by atoms with Crippen molar-refractivity contribution in [3.05, 3.63) is 34.9 Å². The summed E-state index contributed by atoms with van der Waals surface area (Å²) in [6.45, 7) is 1.37. The van der Waals surface area contributed by atoms with Crippen molar-refractivity contribution in [2.24, 2.45) is 17.3 Å². The number of nitrogens with zero attached hydrogens (tertiary/aromatic N) is 1. The summed E-state index contributed by atoms with van der Waals surface area (Å²) >= 11 is 5.93. The molecule has 1 aliphatic carbocycles. The summed E-state index contributed by atoms with van der Waals surface area (Å²) in [5, 5.41) is 19.5. The van der Waals surface area contributed by atoms with Crippen LogP contribution in [0.4, 0.5) is 0 Å². The maximum Gasteiger partial charge on any atom is 0.222 e. The predicted molar refractivity (Wildman–Crippen MR) is 79.9 cm³/mol. The summed E-state index contributed by atoms with van der Waals surface area (Å²) < 4.78 is 0. The Kier molecular flexibility index (Phi) is 3.95. The number of likely N-dealkylation sites (tertiary alicyclic amines) is 1. The number of aliphatic hydroxyl groups is 2. The average Bonchev–Trinajstić information content (AvgIpc) is 2.85. The van der Waals surface area contributed by atoms with E-state index in [-0.39, 0.29) is 36.4 Å². The fourth-order valence-corrected chi connectivity index (χ4v) is 3.88. The lowest BCUT2D eigenvalue weighted by atomic mass is 10.0. The van der Waals surface area contributed by atoms with Gasteiger partial charge in [0.2, 0.25) is 5.91 Å². The second-order valence-corrected chi connectivity index (χ2v) is 6.63. The van der Waals surface area contributed by atoms with Crippen LogP contribution in [0.3, 0.4) is 0 Å². The molecular formula is C16H20ClNO3. The molecule has 1 aromatic carbocycles. The van der Waals surface area contributed by atoms with E-state index in [1.54, 1.807) is 0 Å². The minimum absolute atomic E-state index is 0.0172. The molecule has 1 saturated carbocycles. The molecule has 2 fully saturated rings. The Hall–Kier alpha value is -1.10. The van der Waals surface area contributed by atoms with Gasteiger partial charge in [-0.25, -0.2) is 0 Å². The Morgan fingerprint density at radius 3 is 2.52 bits per heavy atom. The van der Waals surface area contributed by atoms with Crippen LogP contribution in [0.5, 0.6) is 0 Å². The number of benzene rings is 1. The normalized spacial score (nSPS) is 25.8. The summed E-state index contributed by atoms with van der Waals surface area (Å²) in [6.07, 6.45) is 1.17. The van der Waals surface area contributed by atoms with Crippen LogP contribution in [0.2, 0.25) is 5.02 Å². The van der Waals surface area contributed by atoms with Crippen molar-refractivity contribution in [2.45, 2.75) is 12.8 Å². The van der Waals surface area contributed by atoms with E-state index in [1.807, 2.05) is 29.2 Å². The van der Waals surface area contributed by atoms with Gasteiger partial charge in [0, 0.05) is 29.9 Å². The van der Waals surface area contributed by atoms with Gasteiger partial charge in [-0.15, -0.1) is 0 Å². The summed E-state index contributed by atoms with van der Waals surface area (Å²) in [5.74, 6) is 0.678. The average molecular weight is 310 g/mol. The molecule has 2 atom stereocenters. The molecule has 4 nitrogen and oxygen atoms in total. The molecule has 2 unspecified atom stereocenters. The van der Waals surface area contributed by atoms with Gasteiger partial charge in [0.05, 0.1) is 13.2 Å². The minimum Gasteiger partial charge on any atom is -0.396 e. The number of fused-ring (bicyclic) bond motifs is 1. The minimum atomic E-state index is -0.330. The lowest BCUT2D eigenvalue weighted by Gasteiger charge is -2.24. The third-order valence-electron chi connectivity index (χ3n) is 5.15. The van der Waals surface area contributed by atoms with E-state index >= 15 is 0 Å². The van der Waals surface area contributed by atoms with Crippen molar-refractivity contribution in [3.63, 3.8) is 0 Å². The zero-order chi connectivity index (χ0) is 15.0. The van der Waals surface area contributed by atoms with E-state index in [0.717, 1.165) is 5.56 Å². The van der Waals surface area contributed by atoms with E-state index in [1.165, 1.54) is 0 Å². The second kappa shape index (κ2) is 5.59. The molecule has 0 bridgehead atoms. The van der Waals surface area contributed by atoms with Crippen molar-refractivity contribution in [3.8, 4) is 0 Å². The monoisotopic (exact) mass is 309 g/mol. The summed E-state index contributed by atoms with van der Waals surface area (Å²) in [7, 11) is 0. The van der Waals surface area contributed by atoms with E-state index in [9.17, 15) is 15.0 Å². The van der Waals surface area contributed by atoms with Gasteiger partial charge in [0.1, 0.15) is 0 Å². The number of aliphatic hydroxyl groups excluding tert-OH is 2. The van der Waals surface area contributed by atoms with Crippen molar-refractivity contribution in [1.82, 2.24) is 4.90 Å². The van der Waals surface area contributed by atoms with E-state index < -0.39 is 0 Å². The number of amides is 1. The molecule has 5 heteroatoms. The molecule has 21 heavy (non-hydrogen) atoms. The van der Waals surface area contributed by atoms with Gasteiger partial charge in [0.15, 0.2) is 0 Å². The smallest absolute Gasteiger partial charge is 0.222 e. The van der Waals surface area contributed by atoms with Crippen LogP contribution in [0, 0.1) is 17.3 Å². The van der Waals surface area contributed by atoms with Crippen LogP contribution in [0.25, 0.3) is 0 Å². The number of aryl methyl sites for hydroxylation is 1. The van der Waals surface area contributed by atoms with E-state index in [2.05, 4.69) is 0 Å². The highest BCUT2D eigenvalue weighted by Crippen LogP contribution is 2.62. The molecule has 114 valence electrons. The van der Waals surface area contributed by atoms with Crippen LogP contribution in [0.15, 0.2) is 24.3 Å². The number of halogens is 1. The topological polar surface area (TPSA) is 60.8 Å². The maximum absolute atomic E-state index is 12.2. The number of carbonyl (C=O) groups excluding carboxylic acids is 1. The number of hydrogen-bond donors (Lipinski definition) is 2. The number of rotatable bonds is 5. The fraction of sp³-hybridized carbons (Fsp3) is 0.562. The SMILES string of the molecule is O=C(CCc1cccc(Cl)c1)N1CC2C(C1)C2(CO)CO. The van der Waals surface area contributed by atoms with Gasteiger partial charge in [-0.2, -0.15) is 0 Å². The van der Waals surface area contributed by atoms with Crippen molar-refractivity contribution in [2.75, 3.05) is 26.3 Å². The van der Waals surface area contributed by atoms with Crippen LogP contribution in [0.1, 0.15) is 12.0 Å². The number of hydrogen-bond acceptors (Lipinski definition) is 3. The molecule has 1 heterocycles. The highest BCUT2D eigenvalue weighted by molar-refractivity contribution is 6.30. The van der Waals surface area contributed by atoms with Crippen molar-refractivity contribution in [1.29, 1.82) is 0 Å². The van der Waals surface area contributed by atoms with Crippen molar-refractivity contribution < 1.29 is 15.0 Å². The quantitative estimate of drug-likeness (QED) is 0.863. The van der Waals surface area contributed by atoms with Gasteiger partial charge < -0.3 is 15.1 Å². The van der Waals surface area contributed by atoms with Gasteiger partial charge in [-0.1, -0.05) is 23.7 Å². The summed E-state index contributed by atoms with van der Waals surface area (Å²) in [5.41, 5.74) is 0.740. The largest absolute Gasteiger partial charge is 0.396 e. The zero-order valence-electron chi connectivity index (χ0n) is 11.8. The Balaban J connectivity index is 1.50. The van der Waals surface area contributed by atoms with Gasteiger partial charge >= 0.3 is 0 Å². The first-order chi connectivity index (χ1) is 10.1. The second-order valence-electron chi connectivity index (χ2n) is 6.19. The van der Waals surface area contributed by atoms with Gasteiger partial charge in [-0.3, -0.25) is 4.79 Å². The summed E-state index contributed by atoms with van der Waals surface area (Å²) in [4.78, 5) is 14.1. The zero-order valence-corrected chi connectivity index (χ0v) is 12.6. The predicted octanol–water partition coefficient (Wildman–Crippen LogP) is 1.33. The highest BCUT2D eigenvalue weighted by atomic mass is 35.5. The van der Waals surface area contributed by atoms with Crippen LogP contribution >= 0.6 is 11.6 Å². The standard InChI is InChI=1S/C16H20ClNO3/c17-12-3-1-2-11(6-12)4-5-15(21)18-7-13-14(8-18)16(13,9-19)10-20/h1-3,6,13-14,19-20H,4-5,7-10H2. The first-order valence-electron chi connectivity index (χ1n) is 7.34. The van der Waals surface area contributed by atoms with Crippen LogP contribution < -0.4 is 0 Å². The lowest BCUT2D eigenvalue weighted by Crippen LogP contribution is -2.36. The van der Waals surface area contributed by atoms with E-state index in [4.69, 9.17) is 11.6 Å². The highest BCUT2D eigenvalue weighted by Gasteiger charge is 2.67. The molecular weight excluding hydrogens is 290 g/mol. The third kappa shape index (κ3) is 2.56. The Morgan fingerprint density at radius 1 is 1.29 bits per heavy atom. The summed E-state index contributed by atoms with van der Waals surface area (Å²) in [6, 6.07) is 7.58. The molecule has 2 aliphatic rings. The first-order valence-corrected chi connectivity index (χ1v) is 7.72. The molecule has 1 aliphatic heterocycles. The maximum atomic E-state index is 12.2. The van der Waals surface area contributed by atoms with Crippen LogP contribution in [-0.4, -0.2) is 47.3 Å². The molecule has 1 aromatic rings. The molecule has 1 amide bonds. The van der Waals surface area contributed by atoms with E-state index in [0.29, 0.717) is 31.0 Å². The van der Waals surface area contributed by atoms with Gasteiger partial charge in [0.25, 0.3) is 0 Å². The van der Waals surface area contributed by atoms with Gasteiger partial charge in [-0.05, 0) is 36.0 Å². The number of piperidine rings is 1. The molecule has 3 rings (SSSR count). The van der Waals surface area contributed by atoms with Crippen LogP contribution in [-0.2, 0) is 11.2 Å². The van der Waals surface area contributed by atoms with Crippen molar-refractivity contribution >= 4 is 17.5 Å². The number of carbonyl (C=O) groups is 1. The lowest BCUT2D eigenvalue weighted by molar-refractivity contribution is -0.131. The third-order valence-corrected chi connectivity index (χ3v) is 5.38. The Morgan fingerprint density at radius 2 is 1.95 bits per heavy atom. The molecule has 0 aromatic heterocycles. The fourth-order valence-electron chi connectivity index (χ4n) is 3.66. The molecule has 2 N–H and O–H groups in total. The molecule has 0 radical (unpaired) electrons. The molecule has 1 saturated heterocycles. The first kappa shape index (κ1) is 14.8. The molecule has 0 spiro atoms. The Labute approximate surface area is 129 Å². The Bertz CT molecular complexity index is 530.